The standard InChI is InChI=1S/C20H19ClFN5O/c1-12-23-18(11-19(24-12)27(2)3)25-14-5-7-15(8-6-14)26-20(28)16-9-4-13(22)10-17(16)21/h4-11H,1-3H3,(H,26,28)(H,23,24,25). The van der Waals surface area contributed by atoms with Crippen molar-refractivity contribution in [2.75, 3.05) is 29.6 Å². The van der Waals surface area contributed by atoms with Crippen LogP contribution >= 0.6 is 11.6 Å². The Morgan fingerprint density at radius 3 is 2.36 bits per heavy atom. The van der Waals surface area contributed by atoms with Gasteiger partial charge in [-0.2, -0.15) is 0 Å². The Balaban J connectivity index is 1.71. The number of nitrogens with one attached hydrogen (secondary N) is 2. The van der Waals surface area contributed by atoms with Crippen molar-refractivity contribution in [2.45, 2.75) is 6.92 Å². The third-order valence-electron chi connectivity index (χ3n) is 3.87. The van der Waals surface area contributed by atoms with Crippen LogP contribution in [-0.4, -0.2) is 30.0 Å². The molecule has 8 heteroatoms. The average Bonchev–Trinajstić information content (AvgIpc) is 2.62. The molecule has 6 nitrogen and oxygen atoms in total. The zero-order chi connectivity index (χ0) is 20.3. The van der Waals surface area contributed by atoms with Crippen LogP contribution in [0.4, 0.5) is 27.4 Å². The summed E-state index contributed by atoms with van der Waals surface area (Å²) in [6, 6.07) is 12.6. The molecule has 0 aliphatic heterocycles. The fourth-order valence-electron chi connectivity index (χ4n) is 2.50. The van der Waals surface area contributed by atoms with E-state index < -0.39 is 11.7 Å². The minimum atomic E-state index is -0.491. The summed E-state index contributed by atoms with van der Waals surface area (Å²) >= 11 is 5.93. The van der Waals surface area contributed by atoms with Crippen molar-refractivity contribution in [3.8, 4) is 0 Å². The van der Waals surface area contributed by atoms with E-state index >= 15 is 0 Å². The summed E-state index contributed by atoms with van der Waals surface area (Å²) < 4.78 is 13.1. The predicted molar refractivity (Wildman–Crippen MR) is 110 cm³/mol. The van der Waals surface area contributed by atoms with Crippen LogP contribution in [0.25, 0.3) is 0 Å². The fraction of sp³-hybridized carbons (Fsp3) is 0.150. The topological polar surface area (TPSA) is 70.2 Å². The van der Waals surface area contributed by atoms with E-state index in [1.54, 1.807) is 12.1 Å². The van der Waals surface area contributed by atoms with Crippen LogP contribution in [0.2, 0.25) is 5.02 Å². The zero-order valence-electron chi connectivity index (χ0n) is 15.6. The largest absolute Gasteiger partial charge is 0.363 e. The molecule has 144 valence electrons. The van der Waals surface area contributed by atoms with Gasteiger partial charge in [0, 0.05) is 31.5 Å². The van der Waals surface area contributed by atoms with Gasteiger partial charge >= 0.3 is 0 Å². The first-order valence-corrected chi connectivity index (χ1v) is 8.86. The molecule has 28 heavy (non-hydrogen) atoms. The number of carbonyl (C=O) groups is 1. The molecule has 0 saturated heterocycles. The van der Waals surface area contributed by atoms with Gasteiger partial charge in [-0.3, -0.25) is 4.79 Å². The molecule has 0 bridgehead atoms. The molecule has 0 spiro atoms. The number of hydrogen-bond donors (Lipinski definition) is 2. The number of amides is 1. The molecular formula is C20H19ClFN5O. The van der Waals surface area contributed by atoms with Crippen LogP contribution in [-0.2, 0) is 0 Å². The normalized spacial score (nSPS) is 10.5. The number of carbonyl (C=O) groups excluding carboxylic acids is 1. The molecule has 3 aromatic rings. The van der Waals surface area contributed by atoms with Crippen molar-refractivity contribution < 1.29 is 9.18 Å². The van der Waals surface area contributed by atoms with Gasteiger partial charge in [-0.15, -0.1) is 0 Å². The Bertz CT molecular complexity index is 1010. The Morgan fingerprint density at radius 1 is 1.04 bits per heavy atom. The van der Waals surface area contributed by atoms with E-state index in [0.29, 0.717) is 17.3 Å². The number of aryl methyl sites for hydroxylation is 1. The monoisotopic (exact) mass is 399 g/mol. The molecule has 1 heterocycles. The Labute approximate surface area is 167 Å². The summed E-state index contributed by atoms with van der Waals surface area (Å²) in [6.45, 7) is 1.83. The first kappa shape index (κ1) is 19.6. The molecule has 0 fully saturated rings. The van der Waals surface area contributed by atoms with Gasteiger partial charge < -0.3 is 15.5 Å². The van der Waals surface area contributed by atoms with Crippen molar-refractivity contribution in [3.63, 3.8) is 0 Å². The van der Waals surface area contributed by atoms with E-state index in [1.807, 2.05) is 44.1 Å². The van der Waals surface area contributed by atoms with Crippen LogP contribution in [0, 0.1) is 12.7 Å². The minimum absolute atomic E-state index is 0.0617. The minimum Gasteiger partial charge on any atom is -0.363 e. The maximum absolute atomic E-state index is 13.1. The number of aromatic nitrogens is 2. The second-order valence-corrected chi connectivity index (χ2v) is 6.74. The van der Waals surface area contributed by atoms with Gasteiger partial charge in [-0.25, -0.2) is 14.4 Å². The zero-order valence-corrected chi connectivity index (χ0v) is 16.4. The maximum Gasteiger partial charge on any atom is 0.257 e. The summed E-state index contributed by atoms with van der Waals surface area (Å²) in [6.07, 6.45) is 0. The van der Waals surface area contributed by atoms with Gasteiger partial charge in [0.15, 0.2) is 0 Å². The molecule has 0 aliphatic carbocycles. The third-order valence-corrected chi connectivity index (χ3v) is 4.19. The van der Waals surface area contributed by atoms with E-state index in [-0.39, 0.29) is 10.6 Å². The summed E-state index contributed by atoms with van der Waals surface area (Å²) in [7, 11) is 3.83. The highest BCUT2D eigenvalue weighted by Gasteiger charge is 2.11. The average molecular weight is 400 g/mol. The molecule has 0 radical (unpaired) electrons. The third kappa shape index (κ3) is 4.75. The van der Waals surface area contributed by atoms with E-state index in [1.165, 1.54) is 12.1 Å². The van der Waals surface area contributed by atoms with Gasteiger partial charge in [-0.1, -0.05) is 11.6 Å². The molecule has 2 N–H and O–H groups in total. The highest BCUT2D eigenvalue weighted by molar-refractivity contribution is 6.34. The van der Waals surface area contributed by atoms with Gasteiger partial charge in [0.25, 0.3) is 5.91 Å². The van der Waals surface area contributed by atoms with Crippen LogP contribution in [0.5, 0.6) is 0 Å². The van der Waals surface area contributed by atoms with Gasteiger partial charge in [0.05, 0.1) is 10.6 Å². The van der Waals surface area contributed by atoms with Crippen molar-refractivity contribution in [2.24, 2.45) is 0 Å². The number of benzene rings is 2. The molecule has 3 rings (SSSR count). The first-order valence-electron chi connectivity index (χ1n) is 8.48. The molecule has 0 atom stereocenters. The van der Waals surface area contributed by atoms with E-state index in [4.69, 9.17) is 11.6 Å². The molecule has 1 aromatic heterocycles. The highest BCUT2D eigenvalue weighted by Crippen LogP contribution is 2.22. The lowest BCUT2D eigenvalue weighted by molar-refractivity contribution is 0.102. The van der Waals surface area contributed by atoms with Gasteiger partial charge in [0.2, 0.25) is 0 Å². The Morgan fingerprint density at radius 2 is 1.71 bits per heavy atom. The second kappa shape index (κ2) is 8.22. The second-order valence-electron chi connectivity index (χ2n) is 6.33. The molecule has 1 amide bonds. The van der Waals surface area contributed by atoms with Crippen molar-refractivity contribution in [1.82, 2.24) is 9.97 Å². The number of rotatable bonds is 5. The van der Waals surface area contributed by atoms with E-state index in [2.05, 4.69) is 20.6 Å². The van der Waals surface area contributed by atoms with Gasteiger partial charge in [0.1, 0.15) is 23.3 Å². The maximum atomic E-state index is 13.1. The van der Waals surface area contributed by atoms with Crippen molar-refractivity contribution in [3.05, 3.63) is 70.8 Å². The summed E-state index contributed by atoms with van der Waals surface area (Å²) in [5.41, 5.74) is 1.60. The van der Waals surface area contributed by atoms with Crippen molar-refractivity contribution in [1.29, 1.82) is 0 Å². The van der Waals surface area contributed by atoms with Gasteiger partial charge in [-0.05, 0) is 49.4 Å². The molecular weight excluding hydrogens is 381 g/mol. The fourth-order valence-corrected chi connectivity index (χ4v) is 2.75. The van der Waals surface area contributed by atoms with E-state index in [9.17, 15) is 9.18 Å². The number of halogens is 2. The van der Waals surface area contributed by atoms with Crippen LogP contribution < -0.4 is 15.5 Å². The summed E-state index contributed by atoms with van der Waals surface area (Å²) in [5.74, 6) is 1.23. The number of nitrogens with zero attached hydrogens (tertiary/aromatic N) is 3. The lowest BCUT2D eigenvalue weighted by Crippen LogP contribution is -2.13. The van der Waals surface area contributed by atoms with Crippen LogP contribution in [0.15, 0.2) is 48.5 Å². The summed E-state index contributed by atoms with van der Waals surface area (Å²) in [4.78, 5) is 22.9. The van der Waals surface area contributed by atoms with Crippen molar-refractivity contribution >= 4 is 40.5 Å². The lowest BCUT2D eigenvalue weighted by atomic mass is 10.2. The highest BCUT2D eigenvalue weighted by atomic mass is 35.5. The number of hydrogen-bond acceptors (Lipinski definition) is 5. The summed E-state index contributed by atoms with van der Waals surface area (Å²) in [5, 5.41) is 6.01. The lowest BCUT2D eigenvalue weighted by Gasteiger charge is -2.14. The van der Waals surface area contributed by atoms with Crippen LogP contribution in [0.1, 0.15) is 16.2 Å². The SMILES string of the molecule is Cc1nc(Nc2ccc(NC(=O)c3ccc(F)cc3Cl)cc2)cc(N(C)C)n1. The molecule has 0 aliphatic rings. The number of anilines is 4. The van der Waals surface area contributed by atoms with Crippen LogP contribution in [0.3, 0.4) is 0 Å². The molecule has 0 unspecified atom stereocenters. The quantitative estimate of drug-likeness (QED) is 0.654. The first-order chi connectivity index (χ1) is 13.3. The molecule has 2 aromatic carbocycles. The Kier molecular flexibility index (Phi) is 5.75. The molecule has 0 saturated carbocycles. The van der Waals surface area contributed by atoms with E-state index in [0.717, 1.165) is 17.6 Å². The Hall–Kier alpha value is -3.19. The predicted octanol–water partition coefficient (Wildman–Crippen LogP) is 4.64. The smallest absolute Gasteiger partial charge is 0.257 e.